The van der Waals surface area contributed by atoms with Crippen molar-refractivity contribution in [2.75, 3.05) is 7.11 Å². The van der Waals surface area contributed by atoms with Crippen LogP contribution in [-0.2, 0) is 5.54 Å². The Morgan fingerprint density at radius 1 is 1.06 bits per heavy atom. The Hall–Kier alpha value is -1.87. The third-order valence-electron chi connectivity index (χ3n) is 2.89. The van der Waals surface area contributed by atoms with Crippen molar-refractivity contribution in [3.63, 3.8) is 0 Å². The van der Waals surface area contributed by atoms with Gasteiger partial charge in [0.15, 0.2) is 0 Å². The van der Waals surface area contributed by atoms with Crippen molar-refractivity contribution in [3.05, 3.63) is 48.2 Å². The maximum absolute atomic E-state index is 6.03. The molecule has 0 saturated heterocycles. The molecule has 18 heavy (non-hydrogen) atoms. The highest BCUT2D eigenvalue weighted by atomic mass is 16.5. The van der Waals surface area contributed by atoms with Crippen LogP contribution >= 0.6 is 0 Å². The molecule has 0 amide bonds. The fraction of sp³-hybridized carbons (Fsp3) is 0.267. The average molecular weight is 242 g/mol. The predicted octanol–water partition coefficient (Wildman–Crippen LogP) is 2.95. The lowest BCUT2D eigenvalue weighted by Crippen LogP contribution is -2.28. The highest BCUT2D eigenvalue weighted by molar-refractivity contribution is 5.60. The number of pyridine rings is 1. The van der Waals surface area contributed by atoms with E-state index in [1.54, 1.807) is 7.11 Å². The van der Waals surface area contributed by atoms with Gasteiger partial charge in [-0.05, 0) is 49.7 Å². The molecule has 0 atom stereocenters. The maximum Gasteiger partial charge on any atom is 0.118 e. The van der Waals surface area contributed by atoms with Gasteiger partial charge in [0.2, 0.25) is 0 Å². The van der Waals surface area contributed by atoms with E-state index in [4.69, 9.17) is 10.5 Å². The summed E-state index contributed by atoms with van der Waals surface area (Å²) in [5, 5.41) is 0. The zero-order valence-electron chi connectivity index (χ0n) is 11.0. The van der Waals surface area contributed by atoms with Gasteiger partial charge in [-0.3, -0.25) is 4.98 Å². The summed E-state index contributed by atoms with van der Waals surface area (Å²) in [5.41, 5.74) is 8.70. The number of nitrogens with zero attached hydrogens (tertiary/aromatic N) is 1. The Morgan fingerprint density at radius 2 is 1.72 bits per heavy atom. The summed E-state index contributed by atoms with van der Waals surface area (Å²) in [5.74, 6) is 0.846. The lowest BCUT2D eigenvalue weighted by molar-refractivity contribution is 0.415. The van der Waals surface area contributed by atoms with Gasteiger partial charge in [0, 0.05) is 17.3 Å². The third kappa shape index (κ3) is 2.68. The van der Waals surface area contributed by atoms with Gasteiger partial charge in [-0.2, -0.15) is 0 Å². The topological polar surface area (TPSA) is 48.1 Å². The minimum Gasteiger partial charge on any atom is -0.497 e. The first-order valence-electron chi connectivity index (χ1n) is 5.90. The van der Waals surface area contributed by atoms with E-state index in [0.29, 0.717) is 0 Å². The van der Waals surface area contributed by atoms with E-state index >= 15 is 0 Å². The number of nitrogens with two attached hydrogens (primary N) is 1. The smallest absolute Gasteiger partial charge is 0.118 e. The van der Waals surface area contributed by atoms with E-state index in [1.807, 2.05) is 56.4 Å². The molecule has 0 bridgehead atoms. The summed E-state index contributed by atoms with van der Waals surface area (Å²) in [6.45, 7) is 3.94. The summed E-state index contributed by atoms with van der Waals surface area (Å²) in [4.78, 5) is 4.45. The van der Waals surface area contributed by atoms with Crippen molar-refractivity contribution in [2.45, 2.75) is 19.4 Å². The molecule has 1 aromatic heterocycles. The van der Waals surface area contributed by atoms with E-state index in [9.17, 15) is 0 Å². The Bertz CT molecular complexity index is 510. The lowest BCUT2D eigenvalue weighted by Gasteiger charge is -2.18. The van der Waals surface area contributed by atoms with Crippen molar-refractivity contribution in [3.8, 4) is 17.0 Å². The minimum absolute atomic E-state index is 0.356. The molecule has 0 aliphatic carbocycles. The summed E-state index contributed by atoms with van der Waals surface area (Å²) in [6, 6.07) is 11.9. The Labute approximate surface area is 108 Å². The summed E-state index contributed by atoms with van der Waals surface area (Å²) >= 11 is 0. The summed E-state index contributed by atoms with van der Waals surface area (Å²) in [6.07, 6.45) is 1.83. The number of benzene rings is 1. The number of hydrogen-bond acceptors (Lipinski definition) is 3. The molecule has 1 aromatic carbocycles. The highest BCUT2D eigenvalue weighted by Gasteiger charge is 2.14. The number of ether oxygens (including phenoxy) is 1. The van der Waals surface area contributed by atoms with E-state index in [1.165, 1.54) is 0 Å². The van der Waals surface area contributed by atoms with Crippen LogP contribution in [-0.4, -0.2) is 12.1 Å². The Morgan fingerprint density at radius 3 is 2.17 bits per heavy atom. The van der Waals surface area contributed by atoms with Crippen LogP contribution in [0.5, 0.6) is 5.75 Å². The third-order valence-corrected chi connectivity index (χ3v) is 2.89. The fourth-order valence-electron chi connectivity index (χ4n) is 1.71. The van der Waals surface area contributed by atoms with E-state index < -0.39 is 0 Å². The zero-order valence-corrected chi connectivity index (χ0v) is 11.0. The van der Waals surface area contributed by atoms with Gasteiger partial charge in [0.25, 0.3) is 0 Å². The molecular weight excluding hydrogens is 224 g/mol. The van der Waals surface area contributed by atoms with Crippen molar-refractivity contribution in [1.29, 1.82) is 0 Å². The second-order valence-corrected chi connectivity index (χ2v) is 4.88. The molecule has 0 spiro atoms. The van der Waals surface area contributed by atoms with Crippen molar-refractivity contribution in [2.24, 2.45) is 5.73 Å². The SMILES string of the molecule is COc1ccc(-c2ccc(C(C)(C)N)cn2)cc1. The monoisotopic (exact) mass is 242 g/mol. The van der Waals surface area contributed by atoms with Gasteiger partial charge in [0.1, 0.15) is 5.75 Å². The van der Waals surface area contributed by atoms with Gasteiger partial charge in [-0.25, -0.2) is 0 Å². The molecule has 0 aliphatic heterocycles. The second-order valence-electron chi connectivity index (χ2n) is 4.88. The molecule has 2 N–H and O–H groups in total. The molecule has 0 fully saturated rings. The molecule has 0 radical (unpaired) electrons. The summed E-state index contributed by atoms with van der Waals surface area (Å²) in [7, 11) is 1.66. The van der Waals surface area contributed by atoms with Crippen LogP contribution < -0.4 is 10.5 Å². The highest BCUT2D eigenvalue weighted by Crippen LogP contribution is 2.22. The zero-order chi connectivity index (χ0) is 13.2. The first kappa shape index (κ1) is 12.6. The standard InChI is InChI=1S/C15H18N2O/c1-15(2,16)12-6-9-14(17-10-12)11-4-7-13(18-3)8-5-11/h4-10H,16H2,1-3H3. The van der Waals surface area contributed by atoms with Gasteiger partial charge in [-0.15, -0.1) is 0 Å². The number of hydrogen-bond donors (Lipinski definition) is 1. The predicted molar refractivity (Wildman–Crippen MR) is 73.4 cm³/mol. The maximum atomic E-state index is 6.03. The van der Waals surface area contributed by atoms with Crippen LogP contribution in [0.4, 0.5) is 0 Å². The molecule has 2 rings (SSSR count). The largest absolute Gasteiger partial charge is 0.497 e. The van der Waals surface area contributed by atoms with Crippen LogP contribution in [0.2, 0.25) is 0 Å². The van der Waals surface area contributed by atoms with Crippen LogP contribution in [0.3, 0.4) is 0 Å². The van der Waals surface area contributed by atoms with E-state index in [-0.39, 0.29) is 5.54 Å². The van der Waals surface area contributed by atoms with E-state index in [0.717, 1.165) is 22.6 Å². The molecule has 0 saturated carbocycles. The molecule has 1 heterocycles. The Kier molecular flexibility index (Phi) is 3.34. The van der Waals surface area contributed by atoms with Crippen LogP contribution in [0.15, 0.2) is 42.6 Å². The molecule has 94 valence electrons. The Balaban J connectivity index is 2.28. The van der Waals surface area contributed by atoms with Crippen LogP contribution in [0.25, 0.3) is 11.3 Å². The van der Waals surface area contributed by atoms with E-state index in [2.05, 4.69) is 4.98 Å². The minimum atomic E-state index is -0.356. The number of methoxy groups -OCH3 is 1. The summed E-state index contributed by atoms with van der Waals surface area (Å²) < 4.78 is 5.13. The first-order chi connectivity index (χ1) is 8.50. The number of rotatable bonds is 3. The van der Waals surface area contributed by atoms with Crippen molar-refractivity contribution < 1.29 is 4.74 Å². The van der Waals surface area contributed by atoms with Gasteiger partial charge >= 0.3 is 0 Å². The first-order valence-corrected chi connectivity index (χ1v) is 5.90. The molecule has 0 unspecified atom stereocenters. The lowest BCUT2D eigenvalue weighted by atomic mass is 9.97. The number of aromatic nitrogens is 1. The average Bonchev–Trinajstić information content (AvgIpc) is 2.38. The molecular formula is C15H18N2O. The normalized spacial score (nSPS) is 11.3. The van der Waals surface area contributed by atoms with Gasteiger partial charge in [0.05, 0.1) is 12.8 Å². The van der Waals surface area contributed by atoms with Crippen molar-refractivity contribution in [1.82, 2.24) is 4.98 Å². The molecule has 0 aliphatic rings. The molecule has 3 heteroatoms. The van der Waals surface area contributed by atoms with Gasteiger partial charge in [-0.1, -0.05) is 6.07 Å². The second kappa shape index (κ2) is 4.78. The van der Waals surface area contributed by atoms with Crippen LogP contribution in [0, 0.1) is 0 Å². The quantitative estimate of drug-likeness (QED) is 0.900. The van der Waals surface area contributed by atoms with Crippen LogP contribution in [0.1, 0.15) is 19.4 Å². The molecule has 2 aromatic rings. The fourth-order valence-corrected chi connectivity index (χ4v) is 1.71. The van der Waals surface area contributed by atoms with Crippen molar-refractivity contribution >= 4 is 0 Å². The molecule has 3 nitrogen and oxygen atoms in total. The van der Waals surface area contributed by atoms with Gasteiger partial charge < -0.3 is 10.5 Å².